The lowest BCUT2D eigenvalue weighted by molar-refractivity contribution is -0.138. The molecule has 4 rings (SSSR count). The number of sulfonamides is 1. The number of aromatic nitrogens is 2. The number of carbonyl (C=O) groups is 1. The van der Waals surface area contributed by atoms with E-state index in [2.05, 4.69) is 0 Å². The van der Waals surface area contributed by atoms with Gasteiger partial charge in [-0.25, -0.2) is 17.5 Å². The fraction of sp³-hybridized carbons (Fsp3) is 0.143. The standard InChI is InChI=1S/C28H27N3O4S/c1-30(2)36(33,34)26-15-9-12-23(18-26)21-35-27(32)17-16-25-20-31(19-22-10-5-3-6-11-22)29-28(25)24-13-7-4-8-14-24/h3-18,20H,19,21H2,1-2H3/b17-16+. The molecule has 1 aromatic heterocycles. The first kappa shape index (κ1) is 25.1. The van der Waals surface area contributed by atoms with Gasteiger partial charge in [0.25, 0.3) is 0 Å². The van der Waals surface area contributed by atoms with Gasteiger partial charge in [-0.1, -0.05) is 72.8 Å². The van der Waals surface area contributed by atoms with Crippen LogP contribution in [-0.2, 0) is 32.7 Å². The van der Waals surface area contributed by atoms with Crippen molar-refractivity contribution in [1.29, 1.82) is 0 Å². The molecule has 4 aromatic rings. The molecule has 0 unspecified atom stereocenters. The molecule has 0 N–H and O–H groups in total. The molecular weight excluding hydrogens is 474 g/mol. The van der Waals surface area contributed by atoms with Crippen LogP contribution in [0.3, 0.4) is 0 Å². The van der Waals surface area contributed by atoms with Gasteiger partial charge in [0, 0.05) is 37.5 Å². The molecule has 0 saturated carbocycles. The molecule has 0 spiro atoms. The monoisotopic (exact) mass is 501 g/mol. The summed E-state index contributed by atoms with van der Waals surface area (Å²) in [6, 6.07) is 26.1. The van der Waals surface area contributed by atoms with Gasteiger partial charge in [-0.2, -0.15) is 5.10 Å². The number of carbonyl (C=O) groups excluding carboxylic acids is 1. The Morgan fingerprint density at radius 2 is 1.61 bits per heavy atom. The van der Waals surface area contributed by atoms with Crippen LogP contribution in [0.25, 0.3) is 17.3 Å². The van der Waals surface area contributed by atoms with Crippen molar-refractivity contribution in [1.82, 2.24) is 14.1 Å². The molecule has 0 fully saturated rings. The highest BCUT2D eigenvalue weighted by Gasteiger charge is 2.17. The molecule has 7 nitrogen and oxygen atoms in total. The van der Waals surface area contributed by atoms with Crippen LogP contribution in [0.15, 0.2) is 102 Å². The summed E-state index contributed by atoms with van der Waals surface area (Å²) in [7, 11) is -0.625. The topological polar surface area (TPSA) is 81.5 Å². The lowest BCUT2D eigenvalue weighted by atomic mass is 10.1. The smallest absolute Gasteiger partial charge is 0.331 e. The van der Waals surface area contributed by atoms with E-state index in [0.717, 1.165) is 26.7 Å². The van der Waals surface area contributed by atoms with Crippen LogP contribution in [0, 0.1) is 0 Å². The highest BCUT2D eigenvalue weighted by molar-refractivity contribution is 7.89. The molecule has 1 heterocycles. The summed E-state index contributed by atoms with van der Waals surface area (Å²) in [4.78, 5) is 12.6. The van der Waals surface area contributed by atoms with Crippen LogP contribution in [0.1, 0.15) is 16.7 Å². The summed E-state index contributed by atoms with van der Waals surface area (Å²) in [6.45, 7) is 0.559. The molecular formula is C28H27N3O4S. The SMILES string of the molecule is CN(C)S(=O)(=O)c1cccc(COC(=O)/C=C/c2cn(Cc3ccccc3)nc2-c2ccccc2)c1. The fourth-order valence-corrected chi connectivity index (χ4v) is 4.57. The zero-order chi connectivity index (χ0) is 25.5. The molecule has 0 saturated heterocycles. The zero-order valence-corrected chi connectivity index (χ0v) is 20.9. The van der Waals surface area contributed by atoms with Crippen LogP contribution in [0.2, 0.25) is 0 Å². The van der Waals surface area contributed by atoms with Crippen molar-refractivity contribution in [3.8, 4) is 11.3 Å². The minimum atomic E-state index is -3.57. The van der Waals surface area contributed by atoms with Crippen LogP contribution >= 0.6 is 0 Å². The van der Waals surface area contributed by atoms with Gasteiger partial charge >= 0.3 is 5.97 Å². The predicted octanol–water partition coefficient (Wildman–Crippen LogP) is 4.61. The predicted molar refractivity (Wildman–Crippen MR) is 139 cm³/mol. The first-order valence-electron chi connectivity index (χ1n) is 11.4. The fourth-order valence-electron chi connectivity index (χ4n) is 3.60. The van der Waals surface area contributed by atoms with E-state index in [1.165, 1.54) is 32.3 Å². The maximum absolute atomic E-state index is 12.5. The van der Waals surface area contributed by atoms with Crippen molar-refractivity contribution in [3.05, 3.63) is 114 Å². The maximum atomic E-state index is 12.5. The number of esters is 1. The van der Waals surface area contributed by atoms with Gasteiger partial charge in [0.1, 0.15) is 6.61 Å². The third-order valence-electron chi connectivity index (χ3n) is 5.48. The summed E-state index contributed by atoms with van der Waals surface area (Å²) in [6.07, 6.45) is 4.94. The molecule has 184 valence electrons. The Morgan fingerprint density at radius 1 is 0.944 bits per heavy atom. The lowest BCUT2D eigenvalue weighted by Gasteiger charge is -2.12. The van der Waals surface area contributed by atoms with Crippen molar-refractivity contribution in [2.75, 3.05) is 14.1 Å². The zero-order valence-electron chi connectivity index (χ0n) is 20.1. The Labute approximate surface area is 211 Å². The minimum absolute atomic E-state index is 0.0429. The summed E-state index contributed by atoms with van der Waals surface area (Å²) >= 11 is 0. The van der Waals surface area contributed by atoms with Crippen molar-refractivity contribution < 1.29 is 17.9 Å². The molecule has 0 atom stereocenters. The van der Waals surface area contributed by atoms with Gasteiger partial charge in [0.2, 0.25) is 10.0 Å². The van der Waals surface area contributed by atoms with E-state index >= 15 is 0 Å². The number of rotatable bonds is 9. The molecule has 0 aliphatic heterocycles. The Bertz CT molecular complexity index is 1460. The van der Waals surface area contributed by atoms with Crippen LogP contribution < -0.4 is 0 Å². The Hall–Kier alpha value is -4.01. The second kappa shape index (κ2) is 11.2. The van der Waals surface area contributed by atoms with Crippen molar-refractivity contribution in [3.63, 3.8) is 0 Å². The van der Waals surface area contributed by atoms with Crippen molar-refractivity contribution in [2.45, 2.75) is 18.0 Å². The number of hydrogen-bond acceptors (Lipinski definition) is 5. The highest BCUT2D eigenvalue weighted by Crippen LogP contribution is 2.24. The Kier molecular flexibility index (Phi) is 7.77. The molecule has 0 amide bonds. The number of hydrogen-bond donors (Lipinski definition) is 0. The maximum Gasteiger partial charge on any atom is 0.331 e. The van der Waals surface area contributed by atoms with E-state index in [9.17, 15) is 13.2 Å². The van der Waals surface area contributed by atoms with E-state index < -0.39 is 16.0 Å². The normalized spacial score (nSPS) is 11.8. The van der Waals surface area contributed by atoms with Crippen molar-refractivity contribution >= 4 is 22.1 Å². The molecule has 0 aliphatic carbocycles. The van der Waals surface area contributed by atoms with Gasteiger partial charge in [-0.15, -0.1) is 0 Å². The largest absolute Gasteiger partial charge is 0.458 e. The van der Waals surface area contributed by atoms with Gasteiger partial charge in [0.15, 0.2) is 0 Å². The summed E-state index contributed by atoms with van der Waals surface area (Å²) < 4.78 is 33.0. The number of nitrogens with zero attached hydrogens (tertiary/aromatic N) is 3. The summed E-state index contributed by atoms with van der Waals surface area (Å²) in [5.74, 6) is -0.536. The molecule has 36 heavy (non-hydrogen) atoms. The van der Waals surface area contributed by atoms with E-state index in [-0.39, 0.29) is 11.5 Å². The van der Waals surface area contributed by atoms with E-state index in [4.69, 9.17) is 9.84 Å². The first-order chi connectivity index (χ1) is 17.3. The molecule has 0 aliphatic rings. The molecule has 8 heteroatoms. The van der Waals surface area contributed by atoms with Crippen molar-refractivity contribution in [2.24, 2.45) is 0 Å². The lowest BCUT2D eigenvalue weighted by Crippen LogP contribution is -2.22. The molecule has 0 bridgehead atoms. The number of benzene rings is 3. The van der Waals surface area contributed by atoms with Crippen LogP contribution in [0.5, 0.6) is 0 Å². The third kappa shape index (κ3) is 6.16. The number of ether oxygens (including phenoxy) is 1. The quantitative estimate of drug-likeness (QED) is 0.247. The van der Waals surface area contributed by atoms with E-state index in [1.807, 2.05) is 71.5 Å². The summed E-state index contributed by atoms with van der Waals surface area (Å²) in [5, 5.41) is 4.75. The Morgan fingerprint density at radius 3 is 2.31 bits per heavy atom. The van der Waals surface area contributed by atoms with E-state index in [0.29, 0.717) is 12.1 Å². The highest BCUT2D eigenvalue weighted by atomic mass is 32.2. The third-order valence-corrected chi connectivity index (χ3v) is 7.29. The summed E-state index contributed by atoms with van der Waals surface area (Å²) in [5.41, 5.74) is 4.19. The van der Waals surface area contributed by atoms with Gasteiger partial charge in [-0.3, -0.25) is 4.68 Å². The Balaban J connectivity index is 1.49. The van der Waals surface area contributed by atoms with Crippen LogP contribution in [-0.4, -0.2) is 42.6 Å². The van der Waals surface area contributed by atoms with Gasteiger partial charge in [-0.05, 0) is 29.3 Å². The first-order valence-corrected chi connectivity index (χ1v) is 12.8. The molecule has 3 aromatic carbocycles. The van der Waals surface area contributed by atoms with Gasteiger partial charge in [0.05, 0.1) is 17.1 Å². The van der Waals surface area contributed by atoms with Gasteiger partial charge < -0.3 is 4.74 Å². The average Bonchev–Trinajstić information content (AvgIpc) is 3.30. The van der Waals surface area contributed by atoms with E-state index in [1.54, 1.807) is 18.2 Å². The molecule has 0 radical (unpaired) electrons. The van der Waals surface area contributed by atoms with Crippen LogP contribution in [0.4, 0.5) is 0 Å². The minimum Gasteiger partial charge on any atom is -0.458 e. The second-order valence-electron chi connectivity index (χ2n) is 8.36. The average molecular weight is 502 g/mol. The second-order valence-corrected chi connectivity index (χ2v) is 10.5.